The summed E-state index contributed by atoms with van der Waals surface area (Å²) in [5, 5.41) is 1.07. The van der Waals surface area contributed by atoms with Crippen LogP contribution in [0.2, 0.25) is 0 Å². The zero-order valence-electron chi connectivity index (χ0n) is 15.1. The zero-order chi connectivity index (χ0) is 17.9. The molecule has 0 aliphatic heterocycles. The number of benzene rings is 2. The number of anilines is 1. The van der Waals surface area contributed by atoms with E-state index in [-0.39, 0.29) is 0 Å². The third kappa shape index (κ3) is 3.18. The SMILES string of the molecule is CCN(Cc1ccccc1)c1nc(-c2ccccc2)nc2[nH]c(C)cc12. The van der Waals surface area contributed by atoms with E-state index in [1.165, 1.54) is 5.56 Å². The van der Waals surface area contributed by atoms with Gasteiger partial charge in [0.15, 0.2) is 5.82 Å². The number of aromatic nitrogens is 3. The molecule has 4 rings (SSSR count). The molecule has 0 spiro atoms. The molecule has 2 heterocycles. The molecule has 0 saturated carbocycles. The number of H-pyrrole nitrogens is 1. The lowest BCUT2D eigenvalue weighted by molar-refractivity contribution is 0.817. The zero-order valence-corrected chi connectivity index (χ0v) is 15.1. The van der Waals surface area contributed by atoms with E-state index in [0.29, 0.717) is 0 Å². The van der Waals surface area contributed by atoms with E-state index in [1.807, 2.05) is 36.4 Å². The minimum absolute atomic E-state index is 0.751. The number of aromatic amines is 1. The van der Waals surface area contributed by atoms with Crippen molar-refractivity contribution in [1.29, 1.82) is 0 Å². The molecule has 4 nitrogen and oxygen atoms in total. The Morgan fingerprint density at radius 2 is 1.62 bits per heavy atom. The van der Waals surface area contributed by atoms with E-state index in [9.17, 15) is 0 Å². The van der Waals surface area contributed by atoms with Gasteiger partial charge in [0.05, 0.1) is 5.39 Å². The van der Waals surface area contributed by atoms with E-state index in [2.05, 4.69) is 54.1 Å². The Hall–Kier alpha value is -3.14. The number of hydrogen-bond acceptors (Lipinski definition) is 3. The summed E-state index contributed by atoms with van der Waals surface area (Å²) in [5.74, 6) is 1.73. The van der Waals surface area contributed by atoms with Gasteiger partial charge in [-0.15, -0.1) is 0 Å². The standard InChI is InChI=1S/C22H22N4/c1-3-26(15-17-10-6-4-7-11-17)22-19-14-16(2)23-21(19)24-20(25-22)18-12-8-5-9-13-18/h4-14H,3,15H2,1-2H3,(H,23,24,25). The minimum atomic E-state index is 0.751. The van der Waals surface area contributed by atoms with Gasteiger partial charge in [0.2, 0.25) is 0 Å². The van der Waals surface area contributed by atoms with Crippen LogP contribution < -0.4 is 4.90 Å². The highest BCUT2D eigenvalue weighted by Gasteiger charge is 2.16. The van der Waals surface area contributed by atoms with Crippen molar-refractivity contribution in [3.63, 3.8) is 0 Å². The first-order valence-electron chi connectivity index (χ1n) is 8.96. The van der Waals surface area contributed by atoms with Crippen molar-refractivity contribution >= 4 is 16.9 Å². The van der Waals surface area contributed by atoms with Crippen LogP contribution in [0.25, 0.3) is 22.4 Å². The Labute approximate surface area is 153 Å². The Kier molecular flexibility index (Phi) is 4.40. The van der Waals surface area contributed by atoms with Crippen LogP contribution in [0.1, 0.15) is 18.2 Å². The van der Waals surface area contributed by atoms with Crippen LogP contribution in [-0.2, 0) is 6.54 Å². The van der Waals surface area contributed by atoms with Crippen LogP contribution in [0.4, 0.5) is 5.82 Å². The first kappa shape index (κ1) is 16.3. The van der Waals surface area contributed by atoms with E-state index >= 15 is 0 Å². The van der Waals surface area contributed by atoms with Crippen molar-refractivity contribution < 1.29 is 0 Å². The van der Waals surface area contributed by atoms with Crippen LogP contribution >= 0.6 is 0 Å². The Morgan fingerprint density at radius 3 is 2.31 bits per heavy atom. The van der Waals surface area contributed by atoms with Gasteiger partial charge in [-0.05, 0) is 25.5 Å². The molecular formula is C22H22N4. The summed E-state index contributed by atoms with van der Waals surface area (Å²) in [7, 11) is 0. The molecule has 0 atom stereocenters. The van der Waals surface area contributed by atoms with Gasteiger partial charge in [-0.2, -0.15) is 0 Å². The highest BCUT2D eigenvalue weighted by molar-refractivity contribution is 5.90. The fourth-order valence-electron chi connectivity index (χ4n) is 3.22. The molecule has 26 heavy (non-hydrogen) atoms. The highest BCUT2D eigenvalue weighted by Crippen LogP contribution is 2.29. The molecule has 0 amide bonds. The Morgan fingerprint density at radius 1 is 0.923 bits per heavy atom. The van der Waals surface area contributed by atoms with E-state index < -0.39 is 0 Å². The number of hydrogen-bond donors (Lipinski definition) is 1. The van der Waals surface area contributed by atoms with Crippen LogP contribution in [-0.4, -0.2) is 21.5 Å². The van der Waals surface area contributed by atoms with Crippen molar-refractivity contribution in [1.82, 2.24) is 15.0 Å². The van der Waals surface area contributed by atoms with Gasteiger partial charge < -0.3 is 9.88 Å². The van der Waals surface area contributed by atoms with Gasteiger partial charge >= 0.3 is 0 Å². The number of nitrogens with zero attached hydrogens (tertiary/aromatic N) is 3. The molecule has 0 fully saturated rings. The largest absolute Gasteiger partial charge is 0.352 e. The van der Waals surface area contributed by atoms with E-state index in [1.54, 1.807) is 0 Å². The molecule has 2 aromatic carbocycles. The maximum atomic E-state index is 4.95. The van der Waals surface area contributed by atoms with Gasteiger partial charge in [-0.25, -0.2) is 9.97 Å². The lowest BCUT2D eigenvalue weighted by Gasteiger charge is -2.23. The number of rotatable bonds is 5. The first-order chi connectivity index (χ1) is 12.7. The second-order valence-corrected chi connectivity index (χ2v) is 6.45. The first-order valence-corrected chi connectivity index (χ1v) is 8.96. The molecule has 1 N–H and O–H groups in total. The van der Waals surface area contributed by atoms with Crippen molar-refractivity contribution in [2.75, 3.05) is 11.4 Å². The third-order valence-corrected chi connectivity index (χ3v) is 4.53. The monoisotopic (exact) mass is 342 g/mol. The average molecular weight is 342 g/mol. The van der Waals surface area contributed by atoms with E-state index in [0.717, 1.165) is 47.0 Å². The summed E-state index contributed by atoms with van der Waals surface area (Å²) in [6.45, 7) is 5.92. The number of nitrogens with one attached hydrogen (secondary N) is 1. The second kappa shape index (κ2) is 7.00. The molecule has 4 heteroatoms. The maximum Gasteiger partial charge on any atom is 0.163 e. The average Bonchev–Trinajstić information content (AvgIpc) is 3.07. The summed E-state index contributed by atoms with van der Waals surface area (Å²) < 4.78 is 0. The number of aryl methyl sites for hydroxylation is 1. The lowest BCUT2D eigenvalue weighted by Crippen LogP contribution is -2.23. The highest BCUT2D eigenvalue weighted by atomic mass is 15.2. The van der Waals surface area contributed by atoms with Crippen LogP contribution in [0.5, 0.6) is 0 Å². The molecule has 0 aliphatic carbocycles. The third-order valence-electron chi connectivity index (χ3n) is 4.53. The molecule has 130 valence electrons. The van der Waals surface area contributed by atoms with Crippen LogP contribution in [0, 0.1) is 6.92 Å². The molecule has 0 radical (unpaired) electrons. The summed E-state index contributed by atoms with van der Waals surface area (Å²) in [6, 6.07) is 22.8. The summed E-state index contributed by atoms with van der Waals surface area (Å²) in [5.41, 5.74) is 4.28. The molecular weight excluding hydrogens is 320 g/mol. The van der Waals surface area contributed by atoms with Gasteiger partial charge in [-0.3, -0.25) is 0 Å². The normalized spacial score (nSPS) is 11.0. The fourth-order valence-corrected chi connectivity index (χ4v) is 3.22. The number of fused-ring (bicyclic) bond motifs is 1. The summed E-state index contributed by atoms with van der Waals surface area (Å²) >= 11 is 0. The summed E-state index contributed by atoms with van der Waals surface area (Å²) in [4.78, 5) is 15.4. The van der Waals surface area contributed by atoms with Crippen LogP contribution in [0.3, 0.4) is 0 Å². The molecule has 4 aromatic rings. The smallest absolute Gasteiger partial charge is 0.163 e. The predicted molar refractivity (Wildman–Crippen MR) is 107 cm³/mol. The van der Waals surface area contributed by atoms with Crippen molar-refractivity contribution in [2.45, 2.75) is 20.4 Å². The topological polar surface area (TPSA) is 44.8 Å². The molecule has 0 unspecified atom stereocenters. The van der Waals surface area contributed by atoms with Crippen molar-refractivity contribution in [2.24, 2.45) is 0 Å². The van der Waals surface area contributed by atoms with Crippen molar-refractivity contribution in [3.05, 3.63) is 78.0 Å². The molecule has 0 bridgehead atoms. The predicted octanol–water partition coefficient (Wildman–Crippen LogP) is 4.96. The molecule has 2 aromatic heterocycles. The van der Waals surface area contributed by atoms with E-state index in [4.69, 9.17) is 9.97 Å². The lowest BCUT2D eigenvalue weighted by atomic mass is 10.2. The Balaban J connectivity index is 1.83. The molecule has 0 saturated heterocycles. The van der Waals surface area contributed by atoms with Gasteiger partial charge in [0, 0.05) is 24.3 Å². The maximum absolute atomic E-state index is 4.95. The van der Waals surface area contributed by atoms with Gasteiger partial charge in [-0.1, -0.05) is 60.7 Å². The minimum Gasteiger partial charge on any atom is -0.352 e. The van der Waals surface area contributed by atoms with Gasteiger partial charge in [0.1, 0.15) is 11.5 Å². The van der Waals surface area contributed by atoms with Crippen molar-refractivity contribution in [3.8, 4) is 11.4 Å². The second-order valence-electron chi connectivity index (χ2n) is 6.45. The van der Waals surface area contributed by atoms with Gasteiger partial charge in [0.25, 0.3) is 0 Å². The summed E-state index contributed by atoms with van der Waals surface area (Å²) in [6.07, 6.45) is 0. The molecule has 0 aliphatic rings. The fraction of sp³-hybridized carbons (Fsp3) is 0.182. The van der Waals surface area contributed by atoms with Crippen LogP contribution in [0.15, 0.2) is 66.7 Å². The Bertz CT molecular complexity index is 1010. The quantitative estimate of drug-likeness (QED) is 0.557.